The number of likely N-dealkylation sites (tertiary alicyclic amines) is 1. The van der Waals surface area contributed by atoms with E-state index in [1.165, 1.54) is 38.9 Å². The van der Waals surface area contributed by atoms with Crippen LogP contribution in [0, 0.1) is 17.8 Å². The van der Waals surface area contributed by atoms with Gasteiger partial charge in [-0.05, 0) is 38.3 Å². The lowest BCUT2D eigenvalue weighted by Gasteiger charge is -2.29. The number of piperidine rings is 1. The highest BCUT2D eigenvalue weighted by Gasteiger charge is 2.14. The summed E-state index contributed by atoms with van der Waals surface area (Å²) in [5.74, 6) is 7.40. The lowest BCUT2D eigenvalue weighted by atomic mass is 9.99. The first kappa shape index (κ1) is 19.9. The Morgan fingerprint density at radius 3 is 1.94 bits per heavy atom. The predicted octanol–water partition coefficient (Wildman–Crippen LogP) is 4.96. The number of nitrogens with zero attached hydrogens (tertiary/aromatic N) is 1. The van der Waals surface area contributed by atoms with E-state index >= 15 is 0 Å². The van der Waals surface area contributed by atoms with Crippen molar-refractivity contribution in [2.24, 2.45) is 5.92 Å². The smallest absolute Gasteiger partial charge is 0.0217 e. The summed E-state index contributed by atoms with van der Waals surface area (Å²) in [6, 6.07) is 0. The van der Waals surface area contributed by atoms with E-state index in [2.05, 4.69) is 30.6 Å². The molecule has 1 nitrogen and oxygen atoms in total. The summed E-state index contributed by atoms with van der Waals surface area (Å²) in [6.45, 7) is 16.3. The van der Waals surface area contributed by atoms with Crippen LogP contribution in [0.25, 0.3) is 0 Å². The third kappa shape index (κ3) is 12.0. The molecule has 0 unspecified atom stereocenters. The van der Waals surface area contributed by atoms with E-state index in [9.17, 15) is 0 Å². The number of hydrogen-bond acceptors (Lipinski definition) is 1. The van der Waals surface area contributed by atoms with Gasteiger partial charge in [-0.1, -0.05) is 41.5 Å². The lowest BCUT2D eigenvalue weighted by molar-refractivity contribution is 0.196. The van der Waals surface area contributed by atoms with E-state index in [4.69, 9.17) is 0 Å². The van der Waals surface area contributed by atoms with E-state index in [0.717, 1.165) is 18.8 Å². The fraction of sp³-hybridized carbons (Fsp3) is 0.882. The van der Waals surface area contributed by atoms with Crippen molar-refractivity contribution in [2.75, 3.05) is 19.6 Å². The maximum Gasteiger partial charge on any atom is 0.0217 e. The summed E-state index contributed by atoms with van der Waals surface area (Å²) in [4.78, 5) is 2.56. The van der Waals surface area contributed by atoms with Gasteiger partial charge in [-0.25, -0.2) is 0 Å². The van der Waals surface area contributed by atoms with Gasteiger partial charge in [-0.2, -0.15) is 0 Å². The zero-order valence-electron chi connectivity index (χ0n) is 13.7. The average Bonchev–Trinajstić information content (AvgIpc) is 2.45. The molecular weight excluding hydrogens is 218 g/mol. The Hall–Kier alpha value is -0.480. The summed E-state index contributed by atoms with van der Waals surface area (Å²) in [7, 11) is 0. The van der Waals surface area contributed by atoms with Gasteiger partial charge in [-0.15, -0.1) is 11.8 Å². The highest BCUT2D eigenvalue weighted by Crippen LogP contribution is 2.15. The fourth-order valence-electron chi connectivity index (χ4n) is 1.80. The Morgan fingerprint density at radius 1 is 0.944 bits per heavy atom. The summed E-state index contributed by atoms with van der Waals surface area (Å²) < 4.78 is 0. The van der Waals surface area contributed by atoms with Crippen LogP contribution in [0.2, 0.25) is 0 Å². The average molecular weight is 253 g/mol. The molecule has 0 N–H and O–H groups in total. The molecule has 0 saturated carbocycles. The van der Waals surface area contributed by atoms with Gasteiger partial charge in [0.15, 0.2) is 0 Å². The van der Waals surface area contributed by atoms with Crippen LogP contribution < -0.4 is 0 Å². The van der Waals surface area contributed by atoms with Crippen LogP contribution in [0.1, 0.15) is 73.6 Å². The van der Waals surface area contributed by atoms with Crippen LogP contribution in [0.3, 0.4) is 0 Å². The maximum atomic E-state index is 3.25. The van der Waals surface area contributed by atoms with Crippen LogP contribution in [0.5, 0.6) is 0 Å². The molecule has 1 fully saturated rings. The molecule has 0 aromatic rings. The van der Waals surface area contributed by atoms with Crippen molar-refractivity contribution >= 4 is 0 Å². The van der Waals surface area contributed by atoms with Crippen LogP contribution in [-0.4, -0.2) is 24.5 Å². The molecule has 0 aromatic heterocycles. The van der Waals surface area contributed by atoms with Gasteiger partial charge in [-0.3, -0.25) is 0 Å². The first-order chi connectivity index (χ1) is 8.83. The summed E-state index contributed by atoms with van der Waals surface area (Å²) in [6.07, 6.45) is 6.07. The van der Waals surface area contributed by atoms with E-state index in [-0.39, 0.29) is 0 Å². The minimum Gasteiger partial charge on any atom is -0.302 e. The fourth-order valence-corrected chi connectivity index (χ4v) is 1.80. The second kappa shape index (κ2) is 16.5. The molecule has 1 heterocycles. The third-order valence-corrected chi connectivity index (χ3v) is 2.93. The standard InChI is InChI=1S/C13H23N.2C2H6/c1-3-4-5-6-7-10-14-11-8-13(2)9-12-14;2*1-2/h13H,3-4,7-12H2,1-2H3;2*1-2H3. The van der Waals surface area contributed by atoms with Crippen molar-refractivity contribution < 1.29 is 0 Å². The van der Waals surface area contributed by atoms with E-state index in [1.807, 2.05) is 27.7 Å². The Morgan fingerprint density at radius 2 is 1.44 bits per heavy atom. The van der Waals surface area contributed by atoms with E-state index in [1.54, 1.807) is 0 Å². The Balaban J connectivity index is 0. The SMILES string of the molecule is CC.CC.CCCC#CCCN1CCC(C)CC1. The van der Waals surface area contributed by atoms with Crippen LogP contribution in [0.4, 0.5) is 0 Å². The molecule has 0 spiro atoms. The maximum absolute atomic E-state index is 3.25. The second-order valence-electron chi connectivity index (χ2n) is 4.38. The van der Waals surface area contributed by atoms with E-state index in [0.29, 0.717) is 0 Å². The Bertz CT molecular complexity index is 191. The molecule has 0 bridgehead atoms. The lowest BCUT2D eigenvalue weighted by Crippen LogP contribution is -2.33. The molecule has 1 rings (SSSR count). The van der Waals surface area contributed by atoms with Gasteiger partial charge < -0.3 is 4.90 Å². The first-order valence-corrected chi connectivity index (χ1v) is 8.01. The van der Waals surface area contributed by atoms with Crippen molar-refractivity contribution in [3.8, 4) is 11.8 Å². The van der Waals surface area contributed by atoms with Gasteiger partial charge in [0, 0.05) is 19.4 Å². The predicted molar refractivity (Wildman–Crippen MR) is 84.8 cm³/mol. The normalized spacial score (nSPS) is 15.4. The minimum absolute atomic E-state index is 0.942. The molecule has 1 aliphatic heterocycles. The zero-order chi connectivity index (χ0) is 14.2. The molecule has 108 valence electrons. The molecule has 1 saturated heterocycles. The molecule has 0 radical (unpaired) electrons. The number of hydrogen-bond donors (Lipinski definition) is 0. The highest BCUT2D eigenvalue weighted by atomic mass is 15.1. The number of rotatable bonds is 3. The quantitative estimate of drug-likeness (QED) is 0.642. The number of unbranched alkanes of at least 4 members (excludes halogenated alkanes) is 1. The van der Waals surface area contributed by atoms with Gasteiger partial charge in [0.2, 0.25) is 0 Å². The van der Waals surface area contributed by atoms with Gasteiger partial charge in [0.25, 0.3) is 0 Å². The zero-order valence-corrected chi connectivity index (χ0v) is 13.7. The second-order valence-corrected chi connectivity index (χ2v) is 4.38. The first-order valence-electron chi connectivity index (χ1n) is 8.01. The van der Waals surface area contributed by atoms with Crippen molar-refractivity contribution in [1.82, 2.24) is 4.90 Å². The Kier molecular flexibility index (Phi) is 18.2. The summed E-state index contributed by atoms with van der Waals surface area (Å²) in [5, 5.41) is 0. The van der Waals surface area contributed by atoms with Gasteiger partial charge >= 0.3 is 0 Å². The van der Waals surface area contributed by atoms with Crippen molar-refractivity contribution in [2.45, 2.75) is 73.6 Å². The largest absolute Gasteiger partial charge is 0.302 e. The van der Waals surface area contributed by atoms with Gasteiger partial charge in [0.05, 0.1) is 0 Å². The van der Waals surface area contributed by atoms with Crippen molar-refractivity contribution in [3.63, 3.8) is 0 Å². The molecule has 0 atom stereocenters. The topological polar surface area (TPSA) is 3.24 Å². The summed E-state index contributed by atoms with van der Waals surface area (Å²) in [5.41, 5.74) is 0. The molecule has 0 aromatic carbocycles. The highest BCUT2D eigenvalue weighted by molar-refractivity contribution is 4.98. The van der Waals surface area contributed by atoms with Crippen LogP contribution in [-0.2, 0) is 0 Å². The molecule has 0 amide bonds. The van der Waals surface area contributed by atoms with Gasteiger partial charge in [0.1, 0.15) is 0 Å². The van der Waals surface area contributed by atoms with Crippen molar-refractivity contribution in [1.29, 1.82) is 0 Å². The van der Waals surface area contributed by atoms with E-state index < -0.39 is 0 Å². The third-order valence-electron chi connectivity index (χ3n) is 2.93. The monoisotopic (exact) mass is 253 g/mol. The molecule has 1 heteroatoms. The molecule has 1 aliphatic rings. The minimum atomic E-state index is 0.942. The molecule has 18 heavy (non-hydrogen) atoms. The summed E-state index contributed by atoms with van der Waals surface area (Å²) >= 11 is 0. The molecular formula is C17H35N. The van der Waals surface area contributed by atoms with Crippen molar-refractivity contribution in [3.05, 3.63) is 0 Å². The van der Waals surface area contributed by atoms with Crippen LogP contribution in [0.15, 0.2) is 0 Å². The molecule has 0 aliphatic carbocycles. The Labute approximate surface area is 116 Å². The van der Waals surface area contributed by atoms with Crippen LogP contribution >= 0.6 is 0 Å².